The number of benzene rings is 4. The number of hydrogen-bond acceptors (Lipinski definition) is 3. The molecule has 0 aliphatic heterocycles. The van der Waals surface area contributed by atoms with E-state index in [1.54, 1.807) is 0 Å². The topological polar surface area (TPSA) is 60.8 Å². The number of aliphatic hydroxyl groups is 1. The first kappa shape index (κ1) is 24.2. The van der Waals surface area contributed by atoms with Crippen molar-refractivity contribution in [1.82, 2.24) is 0 Å². The number of aliphatic hydroxyl groups excluding tert-OH is 1. The maximum atomic E-state index is 10.8. The Labute approximate surface area is 207 Å². The van der Waals surface area contributed by atoms with Crippen molar-refractivity contribution >= 4 is 23.0 Å². The number of aryl methyl sites for hydroxylation is 2. The first-order valence-corrected chi connectivity index (χ1v) is 12.1. The summed E-state index contributed by atoms with van der Waals surface area (Å²) in [5.74, 6) is -0.755. The van der Waals surface area contributed by atoms with Gasteiger partial charge in [0, 0.05) is 30.1 Å². The van der Waals surface area contributed by atoms with Gasteiger partial charge >= 0.3 is 5.97 Å². The summed E-state index contributed by atoms with van der Waals surface area (Å²) in [6.07, 6.45) is 3.18. The molecule has 2 N–H and O–H groups in total. The summed E-state index contributed by atoms with van der Waals surface area (Å²) in [6.45, 7) is 0.195. The van der Waals surface area contributed by atoms with E-state index in [4.69, 9.17) is 10.2 Å². The zero-order valence-electron chi connectivity index (χ0n) is 19.8. The SMILES string of the molecule is O=C(O)CCCc1ccc(N(c2ccc(CCCO)cc2)c2ccc(-c3ccccc3)cc2)cc1. The second-order valence-electron chi connectivity index (χ2n) is 8.66. The molecule has 4 nitrogen and oxygen atoms in total. The number of hydrogen-bond donors (Lipinski definition) is 2. The van der Waals surface area contributed by atoms with Crippen LogP contribution in [0.4, 0.5) is 17.1 Å². The predicted octanol–water partition coefficient (Wildman–Crippen LogP) is 7.16. The zero-order chi connectivity index (χ0) is 24.5. The number of rotatable bonds is 11. The van der Waals surface area contributed by atoms with Gasteiger partial charge in [0.05, 0.1) is 0 Å². The van der Waals surface area contributed by atoms with Gasteiger partial charge in [-0.15, -0.1) is 0 Å². The van der Waals surface area contributed by atoms with E-state index >= 15 is 0 Å². The lowest BCUT2D eigenvalue weighted by Gasteiger charge is -2.26. The van der Waals surface area contributed by atoms with Gasteiger partial charge in [-0.25, -0.2) is 0 Å². The average Bonchev–Trinajstić information content (AvgIpc) is 2.90. The van der Waals surface area contributed by atoms with Crippen molar-refractivity contribution in [2.75, 3.05) is 11.5 Å². The van der Waals surface area contributed by atoms with Crippen LogP contribution in [0.15, 0.2) is 103 Å². The summed E-state index contributed by atoms with van der Waals surface area (Å²) in [4.78, 5) is 13.1. The Morgan fingerprint density at radius 1 is 0.600 bits per heavy atom. The van der Waals surface area contributed by atoms with Crippen LogP contribution in [0.25, 0.3) is 11.1 Å². The van der Waals surface area contributed by atoms with Gasteiger partial charge in [-0.3, -0.25) is 4.79 Å². The lowest BCUT2D eigenvalue weighted by molar-refractivity contribution is -0.137. The van der Waals surface area contributed by atoms with Crippen molar-refractivity contribution in [2.24, 2.45) is 0 Å². The van der Waals surface area contributed by atoms with Crippen molar-refractivity contribution in [1.29, 1.82) is 0 Å². The molecule has 0 fully saturated rings. The molecular formula is C31H31NO3. The Bertz CT molecular complexity index is 1200. The van der Waals surface area contributed by atoms with E-state index in [-0.39, 0.29) is 13.0 Å². The van der Waals surface area contributed by atoms with Crippen molar-refractivity contribution < 1.29 is 15.0 Å². The Kier molecular flexibility index (Phi) is 8.31. The van der Waals surface area contributed by atoms with Crippen molar-refractivity contribution in [3.63, 3.8) is 0 Å². The van der Waals surface area contributed by atoms with Crippen LogP contribution >= 0.6 is 0 Å². The highest BCUT2D eigenvalue weighted by atomic mass is 16.4. The summed E-state index contributed by atoms with van der Waals surface area (Å²) in [5, 5.41) is 18.0. The minimum atomic E-state index is -0.755. The molecule has 35 heavy (non-hydrogen) atoms. The molecule has 0 radical (unpaired) electrons. The molecule has 178 valence electrons. The van der Waals surface area contributed by atoms with E-state index < -0.39 is 5.97 Å². The third-order valence-electron chi connectivity index (χ3n) is 6.10. The summed E-state index contributed by atoms with van der Waals surface area (Å²) in [5.41, 5.74) is 7.86. The fourth-order valence-electron chi connectivity index (χ4n) is 4.23. The molecule has 4 rings (SSSR count). The summed E-state index contributed by atoms with van der Waals surface area (Å²) in [6, 6.07) is 35.8. The molecule has 0 aliphatic carbocycles. The number of aliphatic carboxylic acids is 1. The lowest BCUT2D eigenvalue weighted by atomic mass is 10.0. The molecule has 4 aromatic rings. The maximum Gasteiger partial charge on any atom is 0.303 e. The van der Waals surface area contributed by atoms with E-state index in [1.807, 2.05) is 18.2 Å². The minimum Gasteiger partial charge on any atom is -0.481 e. The number of carbonyl (C=O) groups is 1. The standard InChI is InChI=1S/C31H31NO3/c33-23-5-7-25-13-19-29(20-14-25)32(28-17-11-24(12-18-28)6-4-10-31(34)35)30-21-15-27(16-22-30)26-8-2-1-3-9-26/h1-3,8-9,11-22,33H,4-7,10,23H2,(H,34,35). The van der Waals surface area contributed by atoms with Gasteiger partial charge in [0.2, 0.25) is 0 Å². The largest absolute Gasteiger partial charge is 0.481 e. The zero-order valence-corrected chi connectivity index (χ0v) is 19.8. The highest BCUT2D eigenvalue weighted by molar-refractivity contribution is 5.78. The number of anilines is 3. The Morgan fingerprint density at radius 3 is 1.54 bits per heavy atom. The quantitative estimate of drug-likeness (QED) is 0.247. The highest BCUT2D eigenvalue weighted by Gasteiger charge is 2.13. The van der Waals surface area contributed by atoms with Crippen LogP contribution < -0.4 is 4.90 Å². The van der Waals surface area contributed by atoms with E-state index in [9.17, 15) is 4.79 Å². The van der Waals surface area contributed by atoms with E-state index in [1.165, 1.54) is 16.7 Å². The summed E-state index contributed by atoms with van der Waals surface area (Å²) < 4.78 is 0. The van der Waals surface area contributed by atoms with Crippen LogP contribution in [0.1, 0.15) is 30.4 Å². The molecule has 0 saturated carbocycles. The van der Waals surface area contributed by atoms with Crippen LogP contribution in [0, 0.1) is 0 Å². The molecule has 0 bridgehead atoms. The monoisotopic (exact) mass is 465 g/mol. The molecule has 0 unspecified atom stereocenters. The van der Waals surface area contributed by atoms with Gasteiger partial charge in [-0.1, -0.05) is 66.7 Å². The summed E-state index contributed by atoms with van der Waals surface area (Å²) in [7, 11) is 0. The van der Waals surface area contributed by atoms with Crippen LogP contribution in [0.2, 0.25) is 0 Å². The normalized spacial score (nSPS) is 10.8. The number of carboxylic acids is 1. The molecule has 4 aromatic carbocycles. The molecule has 0 saturated heterocycles. The molecule has 0 amide bonds. The van der Waals surface area contributed by atoms with Gasteiger partial charge in [-0.05, 0) is 84.3 Å². The molecular weight excluding hydrogens is 434 g/mol. The molecule has 0 heterocycles. The van der Waals surface area contributed by atoms with Crippen LogP contribution in [-0.4, -0.2) is 22.8 Å². The Hall–Kier alpha value is -3.89. The fourth-order valence-corrected chi connectivity index (χ4v) is 4.23. The van der Waals surface area contributed by atoms with Gasteiger partial charge < -0.3 is 15.1 Å². The first-order valence-electron chi connectivity index (χ1n) is 12.1. The second-order valence-corrected chi connectivity index (χ2v) is 8.66. The number of nitrogens with zero attached hydrogens (tertiary/aromatic N) is 1. The van der Waals surface area contributed by atoms with Crippen molar-refractivity contribution in [2.45, 2.75) is 32.1 Å². The van der Waals surface area contributed by atoms with Gasteiger partial charge in [0.25, 0.3) is 0 Å². The van der Waals surface area contributed by atoms with E-state index in [0.717, 1.165) is 41.9 Å². The minimum absolute atomic E-state index is 0.185. The molecule has 0 aromatic heterocycles. The van der Waals surface area contributed by atoms with Crippen LogP contribution in [-0.2, 0) is 17.6 Å². The Balaban J connectivity index is 1.63. The van der Waals surface area contributed by atoms with Crippen molar-refractivity contribution in [3.05, 3.63) is 114 Å². The second kappa shape index (κ2) is 12.0. The van der Waals surface area contributed by atoms with Crippen LogP contribution in [0.5, 0.6) is 0 Å². The maximum absolute atomic E-state index is 10.8. The molecule has 4 heteroatoms. The first-order chi connectivity index (χ1) is 17.1. The third-order valence-corrected chi connectivity index (χ3v) is 6.10. The van der Waals surface area contributed by atoms with Crippen molar-refractivity contribution in [3.8, 4) is 11.1 Å². The fraction of sp³-hybridized carbons (Fsp3) is 0.194. The van der Waals surface area contributed by atoms with Gasteiger partial charge in [0.15, 0.2) is 0 Å². The predicted molar refractivity (Wildman–Crippen MR) is 143 cm³/mol. The van der Waals surface area contributed by atoms with E-state index in [2.05, 4.69) is 89.8 Å². The molecule has 0 aliphatic rings. The third kappa shape index (κ3) is 6.58. The number of carboxylic acid groups (broad SMARTS) is 1. The average molecular weight is 466 g/mol. The van der Waals surface area contributed by atoms with Crippen LogP contribution in [0.3, 0.4) is 0 Å². The van der Waals surface area contributed by atoms with Gasteiger partial charge in [0.1, 0.15) is 0 Å². The summed E-state index contributed by atoms with van der Waals surface area (Å²) >= 11 is 0. The molecule has 0 spiro atoms. The van der Waals surface area contributed by atoms with E-state index in [0.29, 0.717) is 6.42 Å². The highest BCUT2D eigenvalue weighted by Crippen LogP contribution is 2.36. The molecule has 0 atom stereocenters. The Morgan fingerprint density at radius 2 is 1.06 bits per heavy atom. The van der Waals surface area contributed by atoms with Gasteiger partial charge in [-0.2, -0.15) is 0 Å². The smallest absolute Gasteiger partial charge is 0.303 e. The lowest BCUT2D eigenvalue weighted by Crippen LogP contribution is -2.10.